The molecule has 2 amide bonds. The Kier molecular flexibility index (Phi) is 5.82. The van der Waals surface area contributed by atoms with E-state index in [4.69, 9.17) is 4.74 Å². The maximum atomic E-state index is 12.8. The van der Waals surface area contributed by atoms with Gasteiger partial charge in [-0.3, -0.25) is 9.59 Å². The van der Waals surface area contributed by atoms with E-state index in [0.29, 0.717) is 43.1 Å². The molecule has 0 atom stereocenters. The smallest absolute Gasteiger partial charge is 0.255 e. The van der Waals surface area contributed by atoms with Crippen molar-refractivity contribution in [2.75, 3.05) is 52.3 Å². The zero-order valence-electron chi connectivity index (χ0n) is 16.8. The fourth-order valence-corrected chi connectivity index (χ4v) is 3.21. The summed E-state index contributed by atoms with van der Waals surface area (Å²) >= 11 is 0. The van der Waals surface area contributed by atoms with Gasteiger partial charge < -0.3 is 19.4 Å². The summed E-state index contributed by atoms with van der Waals surface area (Å²) in [5.74, 6) is 1.41. The highest BCUT2D eigenvalue weighted by molar-refractivity contribution is 5.96. The van der Waals surface area contributed by atoms with E-state index in [9.17, 15) is 9.59 Å². The van der Waals surface area contributed by atoms with Gasteiger partial charge in [0.1, 0.15) is 11.6 Å². The molecule has 1 aromatic carbocycles. The zero-order chi connectivity index (χ0) is 20.3. The molecule has 1 aromatic heterocycles. The minimum absolute atomic E-state index is 0.0394. The summed E-state index contributed by atoms with van der Waals surface area (Å²) in [6, 6.07) is 9.09. The Hall–Kier alpha value is -3.09. The number of aryl methyl sites for hydroxylation is 1. The molecule has 1 saturated heterocycles. The van der Waals surface area contributed by atoms with Crippen LogP contribution < -0.4 is 9.64 Å². The predicted molar refractivity (Wildman–Crippen MR) is 108 cm³/mol. The van der Waals surface area contributed by atoms with Crippen molar-refractivity contribution in [3.05, 3.63) is 53.2 Å². The molecule has 1 fully saturated rings. The van der Waals surface area contributed by atoms with E-state index in [0.717, 1.165) is 11.4 Å². The molecular formula is C21H26N4O3. The summed E-state index contributed by atoms with van der Waals surface area (Å²) in [5, 5.41) is 0. The van der Waals surface area contributed by atoms with E-state index in [-0.39, 0.29) is 11.8 Å². The van der Waals surface area contributed by atoms with Crippen LogP contribution >= 0.6 is 0 Å². The second-order valence-corrected chi connectivity index (χ2v) is 7.07. The Bertz CT molecular complexity index is 856. The quantitative estimate of drug-likeness (QED) is 0.810. The normalized spacial score (nSPS) is 14.0. The van der Waals surface area contributed by atoms with E-state index >= 15 is 0 Å². The summed E-state index contributed by atoms with van der Waals surface area (Å²) in [7, 11) is 5.41. The minimum Gasteiger partial charge on any atom is -0.496 e. The molecule has 0 N–H and O–H groups in total. The highest BCUT2D eigenvalue weighted by atomic mass is 16.5. The van der Waals surface area contributed by atoms with E-state index in [2.05, 4.69) is 4.98 Å². The first-order valence-electron chi connectivity index (χ1n) is 9.27. The largest absolute Gasteiger partial charge is 0.496 e. The number of hydrogen-bond acceptors (Lipinski definition) is 5. The number of amides is 2. The van der Waals surface area contributed by atoms with Crippen LogP contribution in [0.3, 0.4) is 0 Å². The number of carbonyl (C=O) groups is 2. The molecule has 0 unspecified atom stereocenters. The predicted octanol–water partition coefficient (Wildman–Crippen LogP) is 2.06. The summed E-state index contributed by atoms with van der Waals surface area (Å²) in [6.45, 7) is 3.96. The van der Waals surface area contributed by atoms with Gasteiger partial charge in [-0.2, -0.15) is 0 Å². The highest BCUT2D eigenvalue weighted by Crippen LogP contribution is 2.21. The van der Waals surface area contributed by atoms with Crippen molar-refractivity contribution in [3.8, 4) is 5.75 Å². The molecule has 0 bridgehead atoms. The highest BCUT2D eigenvalue weighted by Gasteiger charge is 2.26. The molecule has 0 radical (unpaired) electrons. The molecule has 28 heavy (non-hydrogen) atoms. The number of pyridine rings is 1. The Morgan fingerprint density at radius 3 is 2.04 bits per heavy atom. The molecule has 2 aromatic rings. The van der Waals surface area contributed by atoms with Gasteiger partial charge in [0.15, 0.2) is 0 Å². The van der Waals surface area contributed by atoms with Crippen LogP contribution in [0, 0.1) is 6.92 Å². The van der Waals surface area contributed by atoms with Gasteiger partial charge >= 0.3 is 0 Å². The van der Waals surface area contributed by atoms with Crippen LogP contribution in [0.1, 0.15) is 26.3 Å². The molecule has 0 saturated carbocycles. The van der Waals surface area contributed by atoms with Crippen LogP contribution in [-0.2, 0) is 0 Å². The van der Waals surface area contributed by atoms with E-state index < -0.39 is 0 Å². The van der Waals surface area contributed by atoms with Gasteiger partial charge in [-0.25, -0.2) is 4.98 Å². The van der Waals surface area contributed by atoms with Crippen LogP contribution in [0.15, 0.2) is 36.5 Å². The summed E-state index contributed by atoms with van der Waals surface area (Å²) in [6.07, 6.45) is 1.60. The number of nitrogens with zero attached hydrogens (tertiary/aromatic N) is 4. The summed E-state index contributed by atoms with van der Waals surface area (Å²) in [4.78, 5) is 35.2. The lowest BCUT2D eigenvalue weighted by Crippen LogP contribution is -2.50. The number of aromatic nitrogens is 1. The average molecular weight is 382 g/mol. The standard InChI is InChI=1S/C21H26N4O3/c1-15-5-6-16(13-18(15)28-4)20(26)24-9-11-25(12-10-24)21(27)17-7-8-19(22-14-17)23(2)3/h5-8,13-14H,9-12H2,1-4H3. The molecule has 1 aliphatic heterocycles. The van der Waals surface area contributed by atoms with Crippen molar-refractivity contribution in [2.24, 2.45) is 0 Å². The average Bonchev–Trinajstić information content (AvgIpc) is 2.73. The van der Waals surface area contributed by atoms with Crippen LogP contribution in [0.2, 0.25) is 0 Å². The van der Waals surface area contributed by atoms with E-state index in [1.807, 2.05) is 44.1 Å². The Balaban J connectivity index is 1.62. The number of ether oxygens (including phenoxy) is 1. The van der Waals surface area contributed by atoms with E-state index in [1.165, 1.54) is 0 Å². The van der Waals surface area contributed by atoms with Gasteiger partial charge in [0, 0.05) is 52.0 Å². The van der Waals surface area contributed by atoms with Crippen molar-refractivity contribution in [1.29, 1.82) is 0 Å². The van der Waals surface area contributed by atoms with Crippen molar-refractivity contribution >= 4 is 17.6 Å². The SMILES string of the molecule is COc1cc(C(=O)N2CCN(C(=O)c3ccc(N(C)C)nc3)CC2)ccc1C. The van der Waals surface area contributed by atoms with Crippen molar-refractivity contribution in [3.63, 3.8) is 0 Å². The topological polar surface area (TPSA) is 66.0 Å². The molecule has 2 heterocycles. The lowest BCUT2D eigenvalue weighted by molar-refractivity contribution is 0.0535. The fraction of sp³-hybridized carbons (Fsp3) is 0.381. The van der Waals surface area contributed by atoms with Crippen molar-refractivity contribution < 1.29 is 14.3 Å². The maximum absolute atomic E-state index is 12.8. The molecule has 7 heteroatoms. The third kappa shape index (κ3) is 4.08. The first-order valence-corrected chi connectivity index (χ1v) is 9.27. The Morgan fingerprint density at radius 1 is 0.964 bits per heavy atom. The summed E-state index contributed by atoms with van der Waals surface area (Å²) < 4.78 is 5.31. The third-order valence-electron chi connectivity index (χ3n) is 4.96. The second-order valence-electron chi connectivity index (χ2n) is 7.07. The van der Waals surface area contributed by atoms with Gasteiger partial charge in [-0.05, 0) is 36.8 Å². The number of anilines is 1. The van der Waals surface area contributed by atoms with Gasteiger partial charge in [-0.1, -0.05) is 6.07 Å². The lowest BCUT2D eigenvalue weighted by Gasteiger charge is -2.35. The van der Waals surface area contributed by atoms with Crippen LogP contribution in [0.25, 0.3) is 0 Å². The first kappa shape index (κ1) is 19.7. The van der Waals surface area contributed by atoms with Gasteiger partial charge in [0.05, 0.1) is 12.7 Å². The van der Waals surface area contributed by atoms with E-state index in [1.54, 1.807) is 35.2 Å². The first-order chi connectivity index (χ1) is 13.4. The minimum atomic E-state index is -0.0538. The Morgan fingerprint density at radius 2 is 1.54 bits per heavy atom. The number of piperazine rings is 1. The number of methoxy groups -OCH3 is 1. The zero-order valence-corrected chi connectivity index (χ0v) is 16.8. The van der Waals surface area contributed by atoms with Crippen LogP contribution in [-0.4, -0.2) is 74.0 Å². The molecule has 1 aliphatic rings. The van der Waals surface area contributed by atoms with Gasteiger partial charge in [0.25, 0.3) is 11.8 Å². The number of benzene rings is 1. The Labute approximate surface area is 165 Å². The van der Waals surface area contributed by atoms with Crippen molar-refractivity contribution in [2.45, 2.75) is 6.92 Å². The lowest BCUT2D eigenvalue weighted by atomic mass is 10.1. The third-order valence-corrected chi connectivity index (χ3v) is 4.96. The fourth-order valence-electron chi connectivity index (χ4n) is 3.21. The van der Waals surface area contributed by atoms with Gasteiger partial charge in [-0.15, -0.1) is 0 Å². The molecule has 0 aliphatic carbocycles. The number of hydrogen-bond donors (Lipinski definition) is 0. The molecule has 0 spiro atoms. The second kappa shape index (κ2) is 8.29. The number of carbonyl (C=O) groups excluding carboxylic acids is 2. The van der Waals surface area contributed by atoms with Crippen LogP contribution in [0.4, 0.5) is 5.82 Å². The molecule has 148 valence electrons. The number of rotatable bonds is 4. The van der Waals surface area contributed by atoms with Crippen molar-refractivity contribution in [1.82, 2.24) is 14.8 Å². The molecular weight excluding hydrogens is 356 g/mol. The molecule has 7 nitrogen and oxygen atoms in total. The maximum Gasteiger partial charge on any atom is 0.255 e. The summed E-state index contributed by atoms with van der Waals surface area (Å²) in [5.41, 5.74) is 2.16. The van der Waals surface area contributed by atoms with Gasteiger partial charge in [0.2, 0.25) is 0 Å². The monoisotopic (exact) mass is 382 g/mol. The van der Waals surface area contributed by atoms with Crippen LogP contribution in [0.5, 0.6) is 5.75 Å². The molecule has 3 rings (SSSR count).